The first-order valence-corrected chi connectivity index (χ1v) is 10.1. The highest BCUT2D eigenvalue weighted by Gasteiger charge is 2.32. The van der Waals surface area contributed by atoms with Gasteiger partial charge in [-0.05, 0) is 43.5 Å². The summed E-state index contributed by atoms with van der Waals surface area (Å²) in [6.07, 6.45) is -0.289. The van der Waals surface area contributed by atoms with Gasteiger partial charge in [0.05, 0.1) is 6.61 Å². The zero-order valence-electron chi connectivity index (χ0n) is 17.4. The number of aryl methyl sites for hydroxylation is 2. The molecule has 154 valence electrons. The van der Waals surface area contributed by atoms with Crippen LogP contribution in [0.2, 0.25) is 0 Å². The normalized spacial score (nSPS) is 15.6. The van der Waals surface area contributed by atoms with Gasteiger partial charge in [0, 0.05) is 31.9 Å². The summed E-state index contributed by atoms with van der Waals surface area (Å²) in [5.41, 5.74) is 3.91. The zero-order chi connectivity index (χ0) is 20.8. The van der Waals surface area contributed by atoms with E-state index < -0.39 is 6.04 Å². The maximum atomic E-state index is 13.3. The largest absolute Gasteiger partial charge is 0.450 e. The number of piperazine rings is 1. The van der Waals surface area contributed by atoms with Crippen LogP contribution >= 0.6 is 0 Å². The van der Waals surface area contributed by atoms with E-state index >= 15 is 0 Å². The molecule has 0 radical (unpaired) electrons. The summed E-state index contributed by atoms with van der Waals surface area (Å²) in [6.45, 7) is 8.47. The second kappa shape index (κ2) is 9.56. The Morgan fingerprint density at radius 3 is 2.38 bits per heavy atom. The average Bonchev–Trinajstić information content (AvgIpc) is 2.72. The highest BCUT2D eigenvalue weighted by molar-refractivity contribution is 5.96. The molecule has 0 bridgehead atoms. The fraction of sp³-hybridized carbons (Fsp3) is 0.391. The van der Waals surface area contributed by atoms with E-state index in [9.17, 15) is 9.59 Å². The number of nitrogens with zero attached hydrogens (tertiary/aromatic N) is 2. The Morgan fingerprint density at radius 1 is 1.03 bits per heavy atom. The van der Waals surface area contributed by atoms with Crippen LogP contribution in [-0.2, 0) is 9.53 Å². The highest BCUT2D eigenvalue weighted by atomic mass is 16.6. The molecule has 1 saturated heterocycles. The van der Waals surface area contributed by atoms with Gasteiger partial charge in [0.15, 0.2) is 0 Å². The minimum absolute atomic E-state index is 0.0607. The first kappa shape index (κ1) is 20.9. The summed E-state index contributed by atoms with van der Waals surface area (Å²) in [6, 6.07) is 15.4. The van der Waals surface area contributed by atoms with Crippen molar-refractivity contribution >= 4 is 17.7 Å². The molecule has 0 spiro atoms. The third-order valence-electron chi connectivity index (χ3n) is 5.22. The number of amides is 2. The van der Waals surface area contributed by atoms with Crippen LogP contribution in [0.15, 0.2) is 48.5 Å². The van der Waals surface area contributed by atoms with Crippen LogP contribution < -0.4 is 5.32 Å². The third kappa shape index (κ3) is 5.15. The van der Waals surface area contributed by atoms with Crippen molar-refractivity contribution in [1.82, 2.24) is 9.80 Å². The fourth-order valence-corrected chi connectivity index (χ4v) is 3.61. The number of hydrogen-bond acceptors (Lipinski definition) is 4. The second-order valence-electron chi connectivity index (χ2n) is 7.34. The molecule has 1 aliphatic heterocycles. The van der Waals surface area contributed by atoms with E-state index in [0.717, 1.165) is 22.4 Å². The lowest BCUT2D eigenvalue weighted by molar-refractivity contribution is -0.122. The molecule has 6 nitrogen and oxygen atoms in total. The summed E-state index contributed by atoms with van der Waals surface area (Å²) >= 11 is 0. The van der Waals surface area contributed by atoms with Crippen molar-refractivity contribution in [1.29, 1.82) is 0 Å². The molecule has 2 aromatic rings. The second-order valence-corrected chi connectivity index (χ2v) is 7.34. The summed E-state index contributed by atoms with van der Waals surface area (Å²) in [7, 11) is 0. The molecule has 1 heterocycles. The van der Waals surface area contributed by atoms with Gasteiger partial charge in [0.2, 0.25) is 5.91 Å². The molecule has 0 unspecified atom stereocenters. The standard InChI is InChI=1S/C23H29N3O3/c1-4-29-23(28)26-14-12-25(13-15-26)21(19-8-6-5-7-9-19)22(27)24-20-16-17(2)10-11-18(20)3/h5-11,16,21H,4,12-15H2,1-3H3,(H,24,27)/t21-/m1/s1. The molecule has 1 fully saturated rings. The van der Waals surface area contributed by atoms with Gasteiger partial charge < -0.3 is 15.0 Å². The predicted molar refractivity (Wildman–Crippen MR) is 114 cm³/mol. The molecule has 1 atom stereocenters. The zero-order valence-corrected chi connectivity index (χ0v) is 17.4. The molecule has 3 rings (SSSR count). The minimum Gasteiger partial charge on any atom is -0.450 e. The molecule has 1 aliphatic rings. The maximum absolute atomic E-state index is 13.3. The van der Waals surface area contributed by atoms with E-state index in [1.807, 2.05) is 62.4 Å². The van der Waals surface area contributed by atoms with E-state index in [2.05, 4.69) is 10.2 Å². The Kier molecular flexibility index (Phi) is 6.88. The van der Waals surface area contributed by atoms with Crippen molar-refractivity contribution in [3.8, 4) is 0 Å². The lowest BCUT2D eigenvalue weighted by Gasteiger charge is -2.38. The summed E-state index contributed by atoms with van der Waals surface area (Å²) < 4.78 is 5.10. The van der Waals surface area contributed by atoms with Crippen molar-refractivity contribution in [3.63, 3.8) is 0 Å². The van der Waals surface area contributed by atoms with Gasteiger partial charge >= 0.3 is 6.09 Å². The van der Waals surface area contributed by atoms with Gasteiger partial charge in [-0.3, -0.25) is 9.69 Å². The van der Waals surface area contributed by atoms with Crippen LogP contribution in [0.5, 0.6) is 0 Å². The van der Waals surface area contributed by atoms with E-state index in [4.69, 9.17) is 4.74 Å². The van der Waals surface area contributed by atoms with Crippen LogP contribution in [0.3, 0.4) is 0 Å². The van der Waals surface area contributed by atoms with Gasteiger partial charge in [0.1, 0.15) is 6.04 Å². The van der Waals surface area contributed by atoms with Crippen LogP contribution in [0.1, 0.15) is 29.7 Å². The molecule has 2 amide bonds. The van der Waals surface area contributed by atoms with E-state index in [-0.39, 0.29) is 12.0 Å². The Labute approximate surface area is 172 Å². The summed E-state index contributed by atoms with van der Waals surface area (Å²) in [5, 5.41) is 3.12. The molecule has 0 saturated carbocycles. The van der Waals surface area contributed by atoms with E-state index in [1.54, 1.807) is 11.8 Å². The molecule has 29 heavy (non-hydrogen) atoms. The molecular weight excluding hydrogens is 366 g/mol. The number of hydrogen-bond donors (Lipinski definition) is 1. The number of benzene rings is 2. The average molecular weight is 396 g/mol. The van der Waals surface area contributed by atoms with Gasteiger partial charge in [-0.25, -0.2) is 4.79 Å². The number of nitrogens with one attached hydrogen (secondary N) is 1. The lowest BCUT2D eigenvalue weighted by atomic mass is 10.0. The van der Waals surface area contributed by atoms with Gasteiger partial charge in [-0.15, -0.1) is 0 Å². The van der Waals surface area contributed by atoms with E-state index in [0.29, 0.717) is 32.8 Å². The van der Waals surface area contributed by atoms with Crippen molar-refractivity contribution in [2.24, 2.45) is 0 Å². The number of anilines is 1. The van der Waals surface area contributed by atoms with E-state index in [1.165, 1.54) is 0 Å². The van der Waals surface area contributed by atoms with Crippen molar-refractivity contribution < 1.29 is 14.3 Å². The van der Waals surface area contributed by atoms with Gasteiger partial charge in [-0.2, -0.15) is 0 Å². The fourth-order valence-electron chi connectivity index (χ4n) is 3.61. The maximum Gasteiger partial charge on any atom is 0.409 e. The highest BCUT2D eigenvalue weighted by Crippen LogP contribution is 2.26. The third-order valence-corrected chi connectivity index (χ3v) is 5.22. The molecule has 2 aromatic carbocycles. The number of ether oxygens (including phenoxy) is 1. The lowest BCUT2D eigenvalue weighted by Crippen LogP contribution is -2.51. The first-order valence-electron chi connectivity index (χ1n) is 10.1. The Morgan fingerprint density at radius 2 is 1.72 bits per heavy atom. The summed E-state index contributed by atoms with van der Waals surface area (Å²) in [4.78, 5) is 29.2. The minimum atomic E-state index is -0.416. The molecule has 0 aromatic heterocycles. The number of carbonyl (C=O) groups excluding carboxylic acids is 2. The van der Waals surface area contributed by atoms with Crippen LogP contribution in [-0.4, -0.2) is 54.6 Å². The molecular formula is C23H29N3O3. The quantitative estimate of drug-likeness (QED) is 0.837. The topological polar surface area (TPSA) is 61.9 Å². The van der Waals surface area contributed by atoms with Crippen molar-refractivity contribution in [2.75, 3.05) is 38.1 Å². The molecule has 6 heteroatoms. The van der Waals surface area contributed by atoms with Crippen molar-refractivity contribution in [3.05, 3.63) is 65.2 Å². The van der Waals surface area contributed by atoms with Crippen LogP contribution in [0.4, 0.5) is 10.5 Å². The Bertz CT molecular complexity index is 846. The monoisotopic (exact) mass is 395 g/mol. The predicted octanol–water partition coefficient (Wildman–Crippen LogP) is 3.76. The molecule has 0 aliphatic carbocycles. The Balaban J connectivity index is 1.78. The number of carbonyl (C=O) groups is 2. The van der Waals surface area contributed by atoms with Gasteiger partial charge in [-0.1, -0.05) is 42.5 Å². The van der Waals surface area contributed by atoms with Crippen LogP contribution in [0, 0.1) is 13.8 Å². The first-order chi connectivity index (χ1) is 14.0. The molecule has 1 N–H and O–H groups in total. The number of rotatable bonds is 5. The van der Waals surface area contributed by atoms with Gasteiger partial charge in [0.25, 0.3) is 0 Å². The SMILES string of the molecule is CCOC(=O)N1CCN([C@@H](C(=O)Nc2cc(C)ccc2C)c2ccccc2)CC1. The van der Waals surface area contributed by atoms with Crippen LogP contribution in [0.25, 0.3) is 0 Å². The van der Waals surface area contributed by atoms with Crippen molar-refractivity contribution in [2.45, 2.75) is 26.8 Å². The Hall–Kier alpha value is -2.86. The summed E-state index contributed by atoms with van der Waals surface area (Å²) in [5.74, 6) is -0.0607. The smallest absolute Gasteiger partial charge is 0.409 e.